The predicted molar refractivity (Wildman–Crippen MR) is 196 cm³/mol. The van der Waals surface area contributed by atoms with Crippen molar-refractivity contribution in [3.63, 3.8) is 0 Å². The van der Waals surface area contributed by atoms with E-state index in [4.69, 9.17) is 0 Å². The lowest BCUT2D eigenvalue weighted by Gasteiger charge is -2.38. The van der Waals surface area contributed by atoms with Crippen LogP contribution in [0.3, 0.4) is 0 Å². The highest BCUT2D eigenvalue weighted by molar-refractivity contribution is 9.11. The highest BCUT2D eigenvalue weighted by atomic mass is 79.9. The van der Waals surface area contributed by atoms with E-state index in [0.717, 1.165) is 50.1 Å². The number of carbonyl (C=O) groups excluding carboxylic acids is 3. The largest absolute Gasteiger partial charge is 0.311 e. The topological polar surface area (TPSA) is 60.9 Å². The molecule has 2 fully saturated rings. The number of rotatable bonds is 0. The monoisotopic (exact) mass is 811 g/mol. The normalized spacial score (nSPS) is 19.7. The molecular weight excluding hydrogens is 774 g/mol. The molecule has 3 aromatic carbocycles. The molecule has 5 aliphatic rings. The van der Waals surface area contributed by atoms with Gasteiger partial charge in [0.2, 0.25) is 17.7 Å². The van der Waals surface area contributed by atoms with E-state index < -0.39 is 0 Å². The van der Waals surface area contributed by atoms with Crippen molar-refractivity contribution in [3.8, 4) is 0 Å². The number of amides is 3. The minimum atomic E-state index is 0.0572. The number of fused-ring (bicyclic) bond motifs is 5. The molecule has 2 spiro atoms. The van der Waals surface area contributed by atoms with Crippen molar-refractivity contribution < 1.29 is 14.4 Å². The number of anilines is 3. The zero-order valence-corrected chi connectivity index (χ0v) is 31.8. The van der Waals surface area contributed by atoms with Gasteiger partial charge in [-0.15, -0.1) is 0 Å². The number of hydrogen-bond acceptors (Lipinski definition) is 3. The lowest BCUT2D eigenvalue weighted by atomic mass is 9.66. The summed E-state index contributed by atoms with van der Waals surface area (Å²) in [6.07, 6.45) is 6.20. The average Bonchev–Trinajstić information content (AvgIpc) is 3.44. The number of nitrogens with zero attached hydrogens (tertiary/aromatic N) is 3. The summed E-state index contributed by atoms with van der Waals surface area (Å²) >= 11 is 10.4. The van der Waals surface area contributed by atoms with E-state index in [9.17, 15) is 14.4 Å². The summed E-state index contributed by atoms with van der Waals surface area (Å²) in [4.78, 5) is 40.4. The van der Waals surface area contributed by atoms with Gasteiger partial charge in [-0.2, -0.15) is 0 Å². The minimum absolute atomic E-state index is 0.0572. The van der Waals surface area contributed by atoms with E-state index >= 15 is 0 Å². The summed E-state index contributed by atoms with van der Waals surface area (Å²) in [7, 11) is 0. The summed E-state index contributed by atoms with van der Waals surface area (Å²) in [5.74, 6) is 0.418. The fourth-order valence-electron chi connectivity index (χ4n) is 7.62. The molecule has 2 aliphatic carbocycles. The lowest BCUT2D eigenvalue weighted by molar-refractivity contribution is -0.117. The average molecular weight is 814 g/mol. The Labute approximate surface area is 297 Å². The van der Waals surface area contributed by atoms with Gasteiger partial charge < -0.3 is 14.7 Å². The molecule has 9 heteroatoms. The molecule has 3 aromatic rings. The van der Waals surface area contributed by atoms with Gasteiger partial charge in [0.05, 0.1) is 0 Å². The molecule has 6 nitrogen and oxygen atoms in total. The fraction of sp³-hybridized carbons (Fsp3) is 0.432. The first kappa shape index (κ1) is 33.4. The molecule has 0 saturated heterocycles. The Hall–Kier alpha value is -2.49. The van der Waals surface area contributed by atoms with Gasteiger partial charge in [0, 0.05) is 87.1 Å². The van der Waals surface area contributed by atoms with E-state index in [1.807, 2.05) is 26.8 Å². The Kier molecular flexibility index (Phi) is 8.86. The van der Waals surface area contributed by atoms with Crippen molar-refractivity contribution in [2.24, 2.45) is 0 Å². The van der Waals surface area contributed by atoms with Crippen LogP contribution >= 0.6 is 47.8 Å². The van der Waals surface area contributed by atoms with Gasteiger partial charge in [-0.3, -0.25) is 14.4 Å². The second-order valence-electron chi connectivity index (χ2n) is 14.1. The van der Waals surface area contributed by atoms with Gasteiger partial charge >= 0.3 is 0 Å². The first-order valence-corrected chi connectivity index (χ1v) is 18.3. The molecule has 0 aromatic heterocycles. The van der Waals surface area contributed by atoms with E-state index in [1.165, 1.54) is 48.8 Å². The van der Waals surface area contributed by atoms with Crippen LogP contribution in [0.15, 0.2) is 68.0 Å². The first-order valence-electron chi connectivity index (χ1n) is 15.9. The Balaban J connectivity index is 0.000000121. The lowest BCUT2D eigenvalue weighted by Crippen LogP contribution is -2.40. The molecular formula is C37H40Br3N3O3. The van der Waals surface area contributed by atoms with Crippen LogP contribution < -0.4 is 14.7 Å². The summed E-state index contributed by atoms with van der Waals surface area (Å²) in [5, 5.41) is 0. The van der Waals surface area contributed by atoms with Crippen LogP contribution in [0.4, 0.5) is 17.1 Å². The molecule has 0 unspecified atom stereocenters. The Morgan fingerprint density at radius 1 is 0.543 bits per heavy atom. The summed E-state index contributed by atoms with van der Waals surface area (Å²) < 4.78 is 3.12. The number of halogens is 3. The number of carbonyl (C=O) groups is 3. The molecule has 8 rings (SSSR count). The van der Waals surface area contributed by atoms with Crippen LogP contribution in [-0.2, 0) is 30.6 Å². The number of hydrogen-bond donors (Lipinski definition) is 0. The van der Waals surface area contributed by atoms with Gasteiger partial charge in [-0.1, -0.05) is 86.3 Å². The third kappa shape index (κ3) is 6.00. The summed E-state index contributed by atoms with van der Waals surface area (Å²) in [6, 6.07) is 18.8. The first-order chi connectivity index (χ1) is 21.7. The second-order valence-corrected chi connectivity index (χ2v) is 16.8. The quantitative estimate of drug-likeness (QED) is 0.228. The van der Waals surface area contributed by atoms with Gasteiger partial charge in [0.1, 0.15) is 0 Å². The zero-order chi connectivity index (χ0) is 33.2. The van der Waals surface area contributed by atoms with Crippen LogP contribution in [0, 0.1) is 0 Å². The molecule has 46 heavy (non-hydrogen) atoms. The van der Waals surface area contributed by atoms with Gasteiger partial charge in [-0.05, 0) is 78.8 Å². The van der Waals surface area contributed by atoms with Crippen molar-refractivity contribution >= 4 is 82.6 Å². The Morgan fingerprint density at radius 2 is 0.891 bits per heavy atom. The highest BCUT2D eigenvalue weighted by Gasteiger charge is 2.52. The van der Waals surface area contributed by atoms with Crippen LogP contribution in [-0.4, -0.2) is 37.4 Å². The molecule has 2 saturated carbocycles. The van der Waals surface area contributed by atoms with Gasteiger partial charge in [0.15, 0.2) is 0 Å². The molecule has 0 atom stereocenters. The summed E-state index contributed by atoms with van der Waals surface area (Å²) in [6.45, 7) is 11.8. The third-order valence-corrected chi connectivity index (χ3v) is 11.9. The summed E-state index contributed by atoms with van der Waals surface area (Å²) in [5.41, 5.74) is 7.89. The van der Waals surface area contributed by atoms with Crippen LogP contribution in [0.1, 0.15) is 83.4 Å². The maximum Gasteiger partial charge on any atom is 0.223 e. The molecule has 0 radical (unpaired) electrons. The van der Waals surface area contributed by atoms with E-state index in [2.05, 4.69) is 104 Å². The SMILES string of the molecule is CC(=O)N1CC(C)(C)c2ccc(Br)cc21.CC(=O)N1CC2(CC2)c2ccc(Br)cc21.CC(=O)N1CC2(CCC2)c2ccc(Br)cc21. The molecule has 0 bridgehead atoms. The molecule has 3 amide bonds. The minimum Gasteiger partial charge on any atom is -0.311 e. The van der Waals surface area contributed by atoms with Crippen LogP contribution in [0.2, 0.25) is 0 Å². The van der Waals surface area contributed by atoms with E-state index in [1.54, 1.807) is 20.8 Å². The zero-order valence-electron chi connectivity index (χ0n) is 27.1. The molecule has 3 aliphatic heterocycles. The highest BCUT2D eigenvalue weighted by Crippen LogP contribution is 2.57. The van der Waals surface area contributed by atoms with Crippen molar-refractivity contribution in [1.29, 1.82) is 0 Å². The van der Waals surface area contributed by atoms with Crippen molar-refractivity contribution in [1.82, 2.24) is 0 Å². The molecule has 3 heterocycles. The van der Waals surface area contributed by atoms with Crippen LogP contribution in [0.25, 0.3) is 0 Å². The van der Waals surface area contributed by atoms with Gasteiger partial charge in [-0.25, -0.2) is 0 Å². The Morgan fingerprint density at radius 3 is 1.24 bits per heavy atom. The van der Waals surface area contributed by atoms with Crippen molar-refractivity contribution in [3.05, 3.63) is 84.7 Å². The van der Waals surface area contributed by atoms with Crippen molar-refractivity contribution in [2.75, 3.05) is 34.3 Å². The van der Waals surface area contributed by atoms with Gasteiger partial charge in [0.25, 0.3) is 0 Å². The maximum absolute atomic E-state index is 11.7. The maximum atomic E-state index is 11.7. The van der Waals surface area contributed by atoms with Crippen molar-refractivity contribution in [2.45, 2.75) is 83.0 Å². The predicted octanol–water partition coefficient (Wildman–Crippen LogP) is 9.18. The standard InChI is InChI=1S/C13H14BrNO.C12H12BrNO.C12H14BrNO/c1-9(16)15-8-13(5-2-6-13)11-4-3-10(14)7-12(11)15;1-8(15)14-7-12(4-5-12)10-3-2-9(13)6-11(10)14;1-8(15)14-7-12(2,3)10-5-4-9(13)6-11(10)14/h3-4,7H,2,5-6,8H2,1H3;2-3,6H,4-5,7H2,1H3;4-6H,7H2,1-3H3. The smallest absolute Gasteiger partial charge is 0.223 e. The van der Waals surface area contributed by atoms with E-state index in [-0.39, 0.29) is 28.6 Å². The second kappa shape index (κ2) is 12.2. The fourth-order valence-corrected chi connectivity index (χ4v) is 8.66. The number of benzene rings is 3. The Bertz CT molecular complexity index is 1670. The van der Waals surface area contributed by atoms with Crippen LogP contribution in [0.5, 0.6) is 0 Å². The van der Waals surface area contributed by atoms with E-state index in [0.29, 0.717) is 5.41 Å². The molecule has 0 N–H and O–H groups in total. The molecule has 242 valence electrons. The third-order valence-electron chi connectivity index (χ3n) is 10.4.